The highest BCUT2D eigenvalue weighted by atomic mass is 19.3. The average molecular weight is 193 g/mol. The fourth-order valence-corrected chi connectivity index (χ4v) is 1.06. The van der Waals surface area contributed by atoms with E-state index in [0.717, 1.165) is 4.68 Å². The molecule has 0 aliphatic heterocycles. The van der Waals surface area contributed by atoms with Gasteiger partial charge in [-0.25, -0.2) is 13.2 Å². The van der Waals surface area contributed by atoms with E-state index in [-0.39, 0.29) is 12.1 Å². The number of hydrogen-bond donors (Lipinski definition) is 1. The van der Waals surface area contributed by atoms with Gasteiger partial charge in [0.15, 0.2) is 0 Å². The molecule has 0 aromatic carbocycles. The van der Waals surface area contributed by atoms with E-state index in [1.165, 1.54) is 13.2 Å². The third-order valence-electron chi connectivity index (χ3n) is 1.64. The lowest BCUT2D eigenvalue weighted by molar-refractivity contribution is 0.141. The average Bonchev–Trinajstić information content (AvgIpc) is 2.46. The SMILES string of the molecule is Cn1cc(C(F)CN)c(C(F)F)n1. The van der Waals surface area contributed by atoms with Gasteiger partial charge in [-0.2, -0.15) is 5.10 Å². The van der Waals surface area contributed by atoms with E-state index in [2.05, 4.69) is 5.10 Å². The molecule has 0 radical (unpaired) electrons. The maximum Gasteiger partial charge on any atom is 0.282 e. The van der Waals surface area contributed by atoms with E-state index in [1.807, 2.05) is 0 Å². The van der Waals surface area contributed by atoms with Crippen LogP contribution in [0.3, 0.4) is 0 Å². The normalized spacial score (nSPS) is 13.7. The van der Waals surface area contributed by atoms with Crippen LogP contribution in [0.5, 0.6) is 0 Å². The molecule has 74 valence electrons. The van der Waals surface area contributed by atoms with E-state index in [1.54, 1.807) is 0 Å². The van der Waals surface area contributed by atoms with Crippen molar-refractivity contribution in [2.75, 3.05) is 6.54 Å². The molecule has 1 atom stereocenters. The van der Waals surface area contributed by atoms with Crippen LogP contribution in [-0.2, 0) is 7.05 Å². The highest BCUT2D eigenvalue weighted by Gasteiger charge is 2.22. The predicted molar refractivity (Wildman–Crippen MR) is 41.1 cm³/mol. The maximum atomic E-state index is 13.0. The van der Waals surface area contributed by atoms with Crippen LogP contribution in [-0.4, -0.2) is 16.3 Å². The number of aryl methyl sites for hydroxylation is 1. The molecule has 3 nitrogen and oxygen atoms in total. The number of alkyl halides is 3. The van der Waals surface area contributed by atoms with Crippen molar-refractivity contribution in [2.45, 2.75) is 12.6 Å². The van der Waals surface area contributed by atoms with Crippen LogP contribution in [0.2, 0.25) is 0 Å². The molecule has 1 rings (SSSR count). The summed E-state index contributed by atoms with van der Waals surface area (Å²) in [6.45, 7) is -0.314. The Bertz CT molecular complexity index is 285. The first-order chi connectivity index (χ1) is 6.06. The lowest BCUT2D eigenvalue weighted by Crippen LogP contribution is -2.09. The number of nitrogens with zero attached hydrogens (tertiary/aromatic N) is 2. The second-order valence-corrected chi connectivity index (χ2v) is 2.65. The third-order valence-corrected chi connectivity index (χ3v) is 1.64. The summed E-state index contributed by atoms with van der Waals surface area (Å²) in [5.41, 5.74) is 4.37. The van der Waals surface area contributed by atoms with Gasteiger partial charge in [-0.3, -0.25) is 4.68 Å². The van der Waals surface area contributed by atoms with Crippen molar-refractivity contribution in [3.8, 4) is 0 Å². The van der Waals surface area contributed by atoms with Gasteiger partial charge in [0.2, 0.25) is 0 Å². The van der Waals surface area contributed by atoms with Gasteiger partial charge in [-0.05, 0) is 0 Å². The third kappa shape index (κ3) is 2.00. The molecule has 2 N–H and O–H groups in total. The van der Waals surface area contributed by atoms with Gasteiger partial charge in [0.05, 0.1) is 0 Å². The molecule has 13 heavy (non-hydrogen) atoms. The van der Waals surface area contributed by atoms with E-state index in [4.69, 9.17) is 5.73 Å². The van der Waals surface area contributed by atoms with Crippen molar-refractivity contribution in [2.24, 2.45) is 12.8 Å². The van der Waals surface area contributed by atoms with E-state index >= 15 is 0 Å². The molecule has 1 aromatic heterocycles. The standard InChI is InChI=1S/C7H10F3N3/c1-13-3-4(5(8)2-11)6(12-13)7(9)10/h3,5,7H,2,11H2,1H3. The topological polar surface area (TPSA) is 43.8 Å². The van der Waals surface area contributed by atoms with Crippen LogP contribution < -0.4 is 5.73 Å². The first kappa shape index (κ1) is 10.0. The largest absolute Gasteiger partial charge is 0.327 e. The summed E-state index contributed by atoms with van der Waals surface area (Å²) < 4.78 is 38.6. The molecule has 1 heterocycles. The van der Waals surface area contributed by atoms with Crippen molar-refractivity contribution in [1.82, 2.24) is 9.78 Å². The summed E-state index contributed by atoms with van der Waals surface area (Å²) in [5, 5.41) is 3.45. The van der Waals surface area contributed by atoms with Crippen LogP contribution in [0, 0.1) is 0 Å². The lowest BCUT2D eigenvalue weighted by Gasteiger charge is -2.03. The molecular formula is C7H10F3N3. The lowest BCUT2D eigenvalue weighted by atomic mass is 10.1. The zero-order valence-electron chi connectivity index (χ0n) is 7.04. The zero-order valence-corrected chi connectivity index (χ0v) is 7.04. The summed E-state index contributed by atoms with van der Waals surface area (Å²) >= 11 is 0. The molecule has 0 aliphatic rings. The van der Waals surface area contributed by atoms with Gasteiger partial charge in [0.25, 0.3) is 6.43 Å². The van der Waals surface area contributed by atoms with Crippen molar-refractivity contribution >= 4 is 0 Å². The summed E-state index contributed by atoms with van der Waals surface area (Å²) in [5.74, 6) is 0. The Morgan fingerprint density at radius 1 is 1.54 bits per heavy atom. The first-order valence-corrected chi connectivity index (χ1v) is 3.72. The highest BCUT2D eigenvalue weighted by Crippen LogP contribution is 2.27. The summed E-state index contributed by atoms with van der Waals surface area (Å²) in [6, 6.07) is 0. The van der Waals surface area contributed by atoms with Crippen LogP contribution in [0.15, 0.2) is 6.20 Å². The number of rotatable bonds is 3. The minimum absolute atomic E-state index is 0.125. The Kier molecular flexibility index (Phi) is 2.92. The van der Waals surface area contributed by atoms with Gasteiger partial charge in [0.1, 0.15) is 11.9 Å². The fraction of sp³-hybridized carbons (Fsp3) is 0.571. The van der Waals surface area contributed by atoms with E-state index in [0.29, 0.717) is 0 Å². The van der Waals surface area contributed by atoms with Crippen LogP contribution in [0.25, 0.3) is 0 Å². The minimum atomic E-state index is -2.76. The molecule has 6 heteroatoms. The Labute approximate surface area is 73.3 Å². The number of nitrogens with two attached hydrogens (primary N) is 1. The maximum absolute atomic E-state index is 13.0. The molecule has 0 bridgehead atoms. The minimum Gasteiger partial charge on any atom is -0.327 e. The second-order valence-electron chi connectivity index (χ2n) is 2.65. The monoisotopic (exact) mass is 193 g/mol. The molecule has 0 fully saturated rings. The number of halogens is 3. The van der Waals surface area contributed by atoms with Crippen LogP contribution in [0.1, 0.15) is 23.9 Å². The summed E-state index contributed by atoms with van der Waals surface area (Å²) in [6.07, 6.45) is -3.11. The Morgan fingerprint density at radius 3 is 2.62 bits per heavy atom. The van der Waals surface area contributed by atoms with Gasteiger partial charge in [-0.15, -0.1) is 0 Å². The smallest absolute Gasteiger partial charge is 0.282 e. The molecule has 0 saturated heterocycles. The summed E-state index contributed by atoms with van der Waals surface area (Å²) in [4.78, 5) is 0. The Balaban J connectivity index is 3.04. The first-order valence-electron chi connectivity index (χ1n) is 3.72. The molecule has 1 unspecified atom stereocenters. The highest BCUT2D eigenvalue weighted by molar-refractivity contribution is 5.21. The van der Waals surface area contributed by atoms with Gasteiger partial charge in [-0.1, -0.05) is 0 Å². The number of hydrogen-bond acceptors (Lipinski definition) is 2. The van der Waals surface area contributed by atoms with Crippen molar-refractivity contribution in [3.63, 3.8) is 0 Å². The molecule has 1 aromatic rings. The molecule has 0 amide bonds. The van der Waals surface area contributed by atoms with Gasteiger partial charge < -0.3 is 5.73 Å². The van der Waals surface area contributed by atoms with E-state index < -0.39 is 18.3 Å². The van der Waals surface area contributed by atoms with Crippen molar-refractivity contribution in [1.29, 1.82) is 0 Å². The summed E-state index contributed by atoms with van der Waals surface area (Å²) in [7, 11) is 1.46. The van der Waals surface area contributed by atoms with Gasteiger partial charge >= 0.3 is 0 Å². The zero-order chi connectivity index (χ0) is 10.0. The van der Waals surface area contributed by atoms with Gasteiger partial charge in [0, 0.05) is 25.4 Å². The number of aromatic nitrogens is 2. The predicted octanol–water partition coefficient (Wildman–Crippen LogP) is 1.33. The second kappa shape index (κ2) is 3.78. The molecule has 0 aliphatic carbocycles. The van der Waals surface area contributed by atoms with Crippen LogP contribution >= 0.6 is 0 Å². The molecular weight excluding hydrogens is 183 g/mol. The molecule has 0 spiro atoms. The fourth-order valence-electron chi connectivity index (χ4n) is 1.06. The molecule has 0 saturated carbocycles. The quantitative estimate of drug-likeness (QED) is 0.786. The van der Waals surface area contributed by atoms with E-state index in [9.17, 15) is 13.2 Å². The van der Waals surface area contributed by atoms with Crippen molar-refractivity contribution in [3.05, 3.63) is 17.5 Å². The Hall–Kier alpha value is -1.04. The van der Waals surface area contributed by atoms with Crippen LogP contribution in [0.4, 0.5) is 13.2 Å². The Morgan fingerprint density at radius 2 is 2.15 bits per heavy atom. The van der Waals surface area contributed by atoms with Crippen molar-refractivity contribution < 1.29 is 13.2 Å².